The molecule has 3 heterocycles. The summed E-state index contributed by atoms with van der Waals surface area (Å²) in [6.07, 6.45) is 0.763. The maximum absolute atomic E-state index is 6.21. The van der Waals surface area contributed by atoms with Crippen molar-refractivity contribution in [3.05, 3.63) is 114 Å². The van der Waals surface area contributed by atoms with Crippen LogP contribution in [0.2, 0.25) is 0 Å². The molecule has 4 aromatic carbocycles. The van der Waals surface area contributed by atoms with Crippen LogP contribution in [0.1, 0.15) is 17.0 Å². The van der Waals surface area contributed by atoms with Gasteiger partial charge in [0.15, 0.2) is 28.9 Å². The molecule has 0 saturated carbocycles. The number of aromatic nitrogens is 4. The Kier molecular flexibility index (Phi) is 8.44. The number of fused-ring (bicyclic) bond motifs is 3. The smallest absolute Gasteiger partial charge is 0.231 e. The summed E-state index contributed by atoms with van der Waals surface area (Å²) >= 11 is 0. The van der Waals surface area contributed by atoms with Gasteiger partial charge in [0.1, 0.15) is 24.7 Å². The van der Waals surface area contributed by atoms with E-state index in [-0.39, 0.29) is 0 Å². The fraction of sp³-hybridized carbons (Fsp3) is 0.200. The molecule has 232 valence electrons. The minimum atomic E-state index is 0.350. The van der Waals surface area contributed by atoms with E-state index < -0.39 is 0 Å². The van der Waals surface area contributed by atoms with Gasteiger partial charge in [0.05, 0.1) is 20.2 Å². The molecular formula is C35H33N7O4. The van der Waals surface area contributed by atoms with E-state index in [0.717, 1.165) is 45.9 Å². The Labute approximate surface area is 265 Å². The van der Waals surface area contributed by atoms with Crippen molar-refractivity contribution in [1.29, 1.82) is 0 Å². The van der Waals surface area contributed by atoms with E-state index in [1.54, 1.807) is 17.7 Å². The highest BCUT2D eigenvalue weighted by Gasteiger charge is 2.13. The summed E-state index contributed by atoms with van der Waals surface area (Å²) in [5.41, 5.74) is 2.77. The van der Waals surface area contributed by atoms with Gasteiger partial charge in [0, 0.05) is 12.6 Å². The summed E-state index contributed by atoms with van der Waals surface area (Å²) in [4.78, 5) is 4.89. The van der Waals surface area contributed by atoms with Gasteiger partial charge in [-0.2, -0.15) is 4.52 Å². The van der Waals surface area contributed by atoms with Crippen LogP contribution in [0.5, 0.6) is 28.9 Å². The number of aliphatic imine (C=N–C) groups is 1. The molecule has 0 radical (unpaired) electrons. The Bertz CT molecular complexity index is 2010. The van der Waals surface area contributed by atoms with Gasteiger partial charge in [-0.05, 0) is 70.8 Å². The second-order valence-electron chi connectivity index (χ2n) is 10.7. The lowest BCUT2D eigenvalue weighted by Crippen LogP contribution is -2.38. The molecule has 46 heavy (non-hydrogen) atoms. The molecular weight excluding hydrogens is 582 g/mol. The number of rotatable bonds is 10. The summed E-state index contributed by atoms with van der Waals surface area (Å²) in [7, 11) is 1.58. The zero-order chi connectivity index (χ0) is 31.1. The van der Waals surface area contributed by atoms with Gasteiger partial charge >= 0.3 is 0 Å². The molecule has 11 heteroatoms. The first-order chi connectivity index (χ1) is 22.7. The van der Waals surface area contributed by atoms with Crippen LogP contribution in [0.25, 0.3) is 16.4 Å². The van der Waals surface area contributed by atoms with E-state index >= 15 is 0 Å². The third-order valence-electron chi connectivity index (χ3n) is 7.51. The molecule has 0 bridgehead atoms. The van der Waals surface area contributed by atoms with Gasteiger partial charge < -0.3 is 29.6 Å². The lowest BCUT2D eigenvalue weighted by atomic mass is 10.1. The number of nitrogens with zero attached hydrogens (tertiary/aromatic N) is 5. The Hall–Kier alpha value is -5.84. The minimum absolute atomic E-state index is 0.350. The largest absolute Gasteiger partial charge is 0.486 e. The Morgan fingerprint density at radius 2 is 1.67 bits per heavy atom. The molecule has 0 aliphatic carbocycles. The third-order valence-corrected chi connectivity index (χ3v) is 7.51. The van der Waals surface area contributed by atoms with Crippen LogP contribution in [0.4, 0.5) is 0 Å². The van der Waals surface area contributed by atoms with Crippen molar-refractivity contribution in [3.8, 4) is 28.9 Å². The number of guanidine groups is 1. The van der Waals surface area contributed by atoms with Crippen molar-refractivity contribution in [2.75, 3.05) is 26.9 Å². The number of hydrogen-bond donors (Lipinski definition) is 2. The molecule has 11 nitrogen and oxygen atoms in total. The summed E-state index contributed by atoms with van der Waals surface area (Å²) in [6, 6.07) is 31.9. The molecule has 0 atom stereocenters. The second-order valence-corrected chi connectivity index (χ2v) is 10.7. The van der Waals surface area contributed by atoms with Crippen molar-refractivity contribution in [1.82, 2.24) is 30.4 Å². The predicted octanol–water partition coefficient (Wildman–Crippen LogP) is 5.33. The highest BCUT2D eigenvalue weighted by molar-refractivity contribution is 5.83. The topological polar surface area (TPSA) is 116 Å². The third kappa shape index (κ3) is 6.78. The van der Waals surface area contributed by atoms with Crippen LogP contribution in [0.15, 0.2) is 102 Å². The van der Waals surface area contributed by atoms with E-state index in [9.17, 15) is 0 Å². The molecule has 0 spiro atoms. The Balaban J connectivity index is 1.06. The summed E-state index contributed by atoms with van der Waals surface area (Å²) in [5, 5.41) is 22.1. The van der Waals surface area contributed by atoms with Crippen molar-refractivity contribution in [3.63, 3.8) is 0 Å². The summed E-state index contributed by atoms with van der Waals surface area (Å²) < 4.78 is 24.6. The number of nitrogens with one attached hydrogen (secondary N) is 2. The molecule has 0 saturated heterocycles. The molecule has 1 aliphatic heterocycles. The summed E-state index contributed by atoms with van der Waals surface area (Å²) in [5.74, 6) is 4.82. The number of ether oxygens (including phenoxy) is 4. The van der Waals surface area contributed by atoms with Crippen molar-refractivity contribution in [2.45, 2.75) is 19.5 Å². The van der Waals surface area contributed by atoms with Crippen molar-refractivity contribution < 1.29 is 18.9 Å². The molecule has 0 amide bonds. The van der Waals surface area contributed by atoms with Crippen molar-refractivity contribution >= 4 is 22.4 Å². The van der Waals surface area contributed by atoms with E-state index in [1.165, 1.54) is 5.39 Å². The molecule has 2 N–H and O–H groups in total. The highest BCUT2D eigenvalue weighted by atomic mass is 16.6. The van der Waals surface area contributed by atoms with Crippen LogP contribution in [0, 0.1) is 0 Å². The molecule has 7 rings (SSSR count). The fourth-order valence-corrected chi connectivity index (χ4v) is 5.19. The number of hydrogen-bond acceptors (Lipinski definition) is 8. The highest BCUT2D eigenvalue weighted by Crippen LogP contribution is 2.31. The van der Waals surface area contributed by atoms with Crippen LogP contribution in [0.3, 0.4) is 0 Å². The predicted molar refractivity (Wildman–Crippen MR) is 175 cm³/mol. The Morgan fingerprint density at radius 1 is 0.804 bits per heavy atom. The zero-order valence-corrected chi connectivity index (χ0v) is 25.3. The minimum Gasteiger partial charge on any atom is -0.486 e. The SMILES string of the molecule is COc1ccc2nnc(CNC(=NCc3cccc(Oc4ccc5ccccc5c4)c3)NCCc3ccc4c(c3)OCCO4)n2n1. The first kappa shape index (κ1) is 28.9. The zero-order valence-electron chi connectivity index (χ0n) is 25.3. The van der Waals surface area contributed by atoms with E-state index in [4.69, 9.17) is 23.9 Å². The monoisotopic (exact) mass is 615 g/mol. The Morgan fingerprint density at radius 3 is 2.59 bits per heavy atom. The molecule has 0 fully saturated rings. The molecule has 0 unspecified atom stereocenters. The lowest BCUT2D eigenvalue weighted by Gasteiger charge is -2.19. The quantitative estimate of drug-likeness (QED) is 0.156. The standard InChI is InChI=1S/C35H33N7O4/c1-43-34-14-13-32-39-40-33(42(32)41-34)23-38-35(36-16-15-24-9-12-30-31(20-24)45-18-17-44-30)37-22-25-5-4-8-28(19-25)46-29-11-10-26-6-2-3-7-27(26)21-29/h2-14,19-21H,15-18,22-23H2,1H3,(H2,36,37,38). The molecule has 1 aliphatic rings. The van der Waals surface area contributed by atoms with Crippen LogP contribution in [-0.2, 0) is 19.5 Å². The van der Waals surface area contributed by atoms with Gasteiger partial charge in [-0.15, -0.1) is 15.3 Å². The summed E-state index contributed by atoms with van der Waals surface area (Å²) in [6.45, 7) is 2.55. The number of methoxy groups -OCH3 is 1. The average Bonchev–Trinajstić information content (AvgIpc) is 3.51. The van der Waals surface area contributed by atoms with Gasteiger partial charge in [-0.3, -0.25) is 0 Å². The van der Waals surface area contributed by atoms with Crippen LogP contribution in [-0.4, -0.2) is 52.6 Å². The van der Waals surface area contributed by atoms with Crippen LogP contribution < -0.4 is 29.6 Å². The van der Waals surface area contributed by atoms with E-state index in [2.05, 4.69) is 50.2 Å². The van der Waals surface area contributed by atoms with Gasteiger partial charge in [-0.1, -0.05) is 48.5 Å². The van der Waals surface area contributed by atoms with Crippen LogP contribution >= 0.6 is 0 Å². The normalized spacial score (nSPS) is 12.7. The number of benzene rings is 4. The molecule has 6 aromatic rings. The molecule has 2 aromatic heterocycles. The van der Waals surface area contributed by atoms with Gasteiger partial charge in [-0.25, -0.2) is 4.99 Å². The lowest BCUT2D eigenvalue weighted by molar-refractivity contribution is 0.171. The first-order valence-electron chi connectivity index (χ1n) is 15.1. The van der Waals surface area contributed by atoms with Crippen molar-refractivity contribution in [2.24, 2.45) is 4.99 Å². The maximum Gasteiger partial charge on any atom is 0.231 e. The van der Waals surface area contributed by atoms with E-state index in [0.29, 0.717) is 56.2 Å². The first-order valence-corrected chi connectivity index (χ1v) is 15.1. The maximum atomic E-state index is 6.21. The average molecular weight is 616 g/mol. The van der Waals surface area contributed by atoms with Gasteiger partial charge in [0.2, 0.25) is 5.88 Å². The van der Waals surface area contributed by atoms with Gasteiger partial charge in [0.25, 0.3) is 0 Å². The van der Waals surface area contributed by atoms with E-state index in [1.807, 2.05) is 66.7 Å². The fourth-order valence-electron chi connectivity index (χ4n) is 5.19. The second kappa shape index (κ2) is 13.4.